The van der Waals surface area contributed by atoms with E-state index in [1.807, 2.05) is 0 Å². The average molecular weight is 517 g/mol. The van der Waals surface area contributed by atoms with Gasteiger partial charge in [0.2, 0.25) is 0 Å². The molecule has 188 valence electrons. The Hall–Kier alpha value is -3.66. The van der Waals surface area contributed by atoms with E-state index in [-0.39, 0.29) is 33.7 Å². The van der Waals surface area contributed by atoms with Gasteiger partial charge in [0.05, 0.1) is 28.6 Å². The predicted molar refractivity (Wildman–Crippen MR) is 129 cm³/mol. The third kappa shape index (κ3) is 4.37. The fourth-order valence-corrected chi connectivity index (χ4v) is 5.86. The zero-order chi connectivity index (χ0) is 26.4. The SMILES string of the molecule is COC(=O)c1cnc(C)c(Cc2cc3c(C)cc(C(F)(F)F)cc3n2S(=O)(=O)c2ccccc2)c1C. The maximum Gasteiger partial charge on any atom is 0.416 e. The van der Waals surface area contributed by atoms with Crippen LogP contribution < -0.4 is 0 Å². The molecule has 4 rings (SSSR count). The van der Waals surface area contributed by atoms with Gasteiger partial charge < -0.3 is 4.74 Å². The number of carbonyl (C=O) groups is 1. The van der Waals surface area contributed by atoms with E-state index in [4.69, 9.17) is 4.74 Å². The molecule has 2 heterocycles. The van der Waals surface area contributed by atoms with Gasteiger partial charge in [-0.05, 0) is 67.8 Å². The van der Waals surface area contributed by atoms with Gasteiger partial charge in [-0.25, -0.2) is 17.2 Å². The number of hydrogen-bond donors (Lipinski definition) is 0. The molecule has 0 N–H and O–H groups in total. The summed E-state index contributed by atoms with van der Waals surface area (Å²) in [4.78, 5) is 16.4. The minimum Gasteiger partial charge on any atom is -0.465 e. The summed E-state index contributed by atoms with van der Waals surface area (Å²) in [6.07, 6.45) is -3.26. The minimum absolute atomic E-state index is 0.0109. The zero-order valence-corrected chi connectivity index (χ0v) is 20.8. The Morgan fingerprint density at radius 3 is 2.33 bits per heavy atom. The maximum atomic E-state index is 13.8. The number of benzene rings is 2. The topological polar surface area (TPSA) is 78.3 Å². The Morgan fingerprint density at radius 2 is 1.72 bits per heavy atom. The molecule has 10 heteroatoms. The number of hydrogen-bond acceptors (Lipinski definition) is 5. The third-order valence-electron chi connectivity index (χ3n) is 6.21. The highest BCUT2D eigenvalue weighted by molar-refractivity contribution is 7.90. The third-order valence-corrected chi connectivity index (χ3v) is 7.99. The number of pyridine rings is 1. The van der Waals surface area contributed by atoms with E-state index in [2.05, 4.69) is 4.98 Å². The van der Waals surface area contributed by atoms with Crippen LogP contribution in [0.2, 0.25) is 0 Å². The molecule has 0 saturated heterocycles. The lowest BCUT2D eigenvalue weighted by atomic mass is 9.98. The van der Waals surface area contributed by atoms with Gasteiger partial charge in [0.15, 0.2) is 0 Å². The lowest BCUT2D eigenvalue weighted by molar-refractivity contribution is -0.137. The van der Waals surface area contributed by atoms with Crippen molar-refractivity contribution in [2.75, 3.05) is 7.11 Å². The quantitative estimate of drug-likeness (QED) is 0.323. The van der Waals surface area contributed by atoms with Crippen LogP contribution in [-0.2, 0) is 27.4 Å². The van der Waals surface area contributed by atoms with Crippen molar-refractivity contribution in [1.29, 1.82) is 0 Å². The second-order valence-corrected chi connectivity index (χ2v) is 10.3. The lowest BCUT2D eigenvalue weighted by Crippen LogP contribution is -2.17. The first-order valence-corrected chi connectivity index (χ1v) is 12.4. The van der Waals surface area contributed by atoms with Gasteiger partial charge in [0, 0.05) is 29.4 Å². The van der Waals surface area contributed by atoms with Crippen molar-refractivity contribution >= 4 is 26.9 Å². The number of ether oxygens (including phenoxy) is 1. The largest absolute Gasteiger partial charge is 0.465 e. The second-order valence-electron chi connectivity index (χ2n) is 8.47. The molecule has 2 aromatic carbocycles. The fourth-order valence-electron chi connectivity index (χ4n) is 4.31. The number of nitrogens with zero attached hydrogens (tertiary/aromatic N) is 2. The van der Waals surface area contributed by atoms with Gasteiger partial charge in [-0.1, -0.05) is 18.2 Å². The van der Waals surface area contributed by atoms with Crippen LogP contribution in [-0.4, -0.2) is 30.5 Å². The second kappa shape index (κ2) is 9.09. The summed E-state index contributed by atoms with van der Waals surface area (Å²) in [5, 5.41) is 0.380. The molecule has 0 unspecified atom stereocenters. The molecule has 0 atom stereocenters. The summed E-state index contributed by atoms with van der Waals surface area (Å²) in [7, 11) is -3.03. The number of carbonyl (C=O) groups excluding carboxylic acids is 1. The molecule has 0 aliphatic heterocycles. The summed E-state index contributed by atoms with van der Waals surface area (Å²) in [5.74, 6) is -0.593. The number of halogens is 3. The number of methoxy groups -OCH3 is 1. The summed E-state index contributed by atoms with van der Waals surface area (Å²) in [5.41, 5.74) is 1.43. The van der Waals surface area contributed by atoms with Gasteiger partial charge in [-0.2, -0.15) is 13.2 Å². The van der Waals surface area contributed by atoms with Crippen LogP contribution in [0.5, 0.6) is 0 Å². The zero-order valence-electron chi connectivity index (χ0n) is 20.0. The summed E-state index contributed by atoms with van der Waals surface area (Å²) in [6.45, 7) is 4.92. The van der Waals surface area contributed by atoms with Crippen LogP contribution in [0.1, 0.15) is 44.0 Å². The minimum atomic E-state index is -4.66. The highest BCUT2D eigenvalue weighted by atomic mass is 32.2. The van der Waals surface area contributed by atoms with E-state index < -0.39 is 27.7 Å². The van der Waals surface area contributed by atoms with Crippen LogP contribution in [0.15, 0.2) is 59.6 Å². The Labute approximate surface area is 206 Å². The molecule has 0 fully saturated rings. The number of aryl methyl sites for hydroxylation is 2. The average Bonchev–Trinajstić information content (AvgIpc) is 3.21. The predicted octanol–water partition coefficient (Wildman–Crippen LogP) is 5.59. The smallest absolute Gasteiger partial charge is 0.416 e. The first kappa shape index (κ1) is 25.4. The van der Waals surface area contributed by atoms with Gasteiger partial charge in [0.1, 0.15) is 0 Å². The van der Waals surface area contributed by atoms with Crippen LogP contribution in [0, 0.1) is 20.8 Å². The molecule has 2 aromatic heterocycles. The molecule has 0 amide bonds. The molecule has 0 aliphatic rings. The summed E-state index contributed by atoms with van der Waals surface area (Å²) in [6, 6.07) is 11.0. The molecule has 6 nitrogen and oxygen atoms in total. The highest BCUT2D eigenvalue weighted by Gasteiger charge is 2.33. The van der Waals surface area contributed by atoms with E-state index in [0.717, 1.165) is 16.1 Å². The molecule has 0 bridgehead atoms. The van der Waals surface area contributed by atoms with Crippen molar-refractivity contribution in [3.05, 3.63) is 93.9 Å². The highest BCUT2D eigenvalue weighted by Crippen LogP contribution is 2.36. The van der Waals surface area contributed by atoms with Crippen LogP contribution in [0.25, 0.3) is 10.9 Å². The van der Waals surface area contributed by atoms with Crippen molar-refractivity contribution in [1.82, 2.24) is 8.96 Å². The van der Waals surface area contributed by atoms with Crippen LogP contribution in [0.3, 0.4) is 0 Å². The van der Waals surface area contributed by atoms with E-state index in [1.54, 1.807) is 38.1 Å². The Morgan fingerprint density at radius 1 is 1.06 bits per heavy atom. The van der Waals surface area contributed by atoms with Crippen molar-refractivity contribution in [3.63, 3.8) is 0 Å². The van der Waals surface area contributed by atoms with Gasteiger partial charge in [-0.3, -0.25) is 4.98 Å². The van der Waals surface area contributed by atoms with E-state index >= 15 is 0 Å². The molecule has 0 spiro atoms. The Kier molecular flexibility index (Phi) is 6.42. The Bertz CT molecular complexity index is 1590. The van der Waals surface area contributed by atoms with Crippen molar-refractivity contribution in [2.45, 2.75) is 38.3 Å². The molecule has 0 radical (unpaired) electrons. The number of alkyl halides is 3. The monoisotopic (exact) mass is 516 g/mol. The van der Waals surface area contributed by atoms with E-state index in [1.165, 1.54) is 32.4 Å². The van der Waals surface area contributed by atoms with E-state index in [0.29, 0.717) is 22.2 Å². The van der Waals surface area contributed by atoms with Crippen molar-refractivity contribution in [2.24, 2.45) is 0 Å². The molecular formula is C26H23F3N2O4S. The number of fused-ring (bicyclic) bond motifs is 1. The maximum absolute atomic E-state index is 13.8. The van der Waals surface area contributed by atoms with Gasteiger partial charge in [0.25, 0.3) is 10.0 Å². The standard InChI is InChI=1S/C26H23F3N2O4S/c1-15-10-18(26(27,28)29)11-24-21(15)12-19(31(24)36(33,34)20-8-6-5-7-9-20)13-22-16(2)23(25(32)35-4)14-30-17(22)3/h5-12,14H,13H2,1-4H3. The molecule has 0 saturated carbocycles. The number of aromatic nitrogens is 2. The molecular weight excluding hydrogens is 493 g/mol. The first-order chi connectivity index (χ1) is 16.9. The van der Waals surface area contributed by atoms with Gasteiger partial charge >= 0.3 is 12.1 Å². The van der Waals surface area contributed by atoms with Crippen molar-refractivity contribution < 1.29 is 31.1 Å². The molecule has 4 aromatic rings. The van der Waals surface area contributed by atoms with E-state index in [9.17, 15) is 26.4 Å². The Balaban J connectivity index is 2.04. The summed E-state index contributed by atoms with van der Waals surface area (Å²) >= 11 is 0. The number of esters is 1. The van der Waals surface area contributed by atoms with Crippen LogP contribution >= 0.6 is 0 Å². The fraction of sp³-hybridized carbons (Fsp3) is 0.231. The lowest BCUT2D eigenvalue weighted by Gasteiger charge is -2.16. The normalized spacial score (nSPS) is 12.2. The molecule has 36 heavy (non-hydrogen) atoms. The van der Waals surface area contributed by atoms with Crippen molar-refractivity contribution in [3.8, 4) is 0 Å². The first-order valence-electron chi connectivity index (χ1n) is 10.9. The van der Waals surface area contributed by atoms with Crippen LogP contribution in [0.4, 0.5) is 13.2 Å². The summed E-state index contributed by atoms with van der Waals surface area (Å²) < 4.78 is 74.3. The number of rotatable bonds is 5. The molecule has 0 aliphatic carbocycles. The van der Waals surface area contributed by atoms with Gasteiger partial charge in [-0.15, -0.1) is 0 Å².